The number of aliphatic hydroxyl groups is 1. The monoisotopic (exact) mass is 184 g/mol. The van der Waals surface area contributed by atoms with Crippen LogP contribution in [-0.2, 0) is 4.74 Å². The second kappa shape index (κ2) is 2.48. The minimum absolute atomic E-state index is 0.277. The van der Waals surface area contributed by atoms with E-state index in [1.54, 1.807) is 7.11 Å². The lowest BCUT2D eigenvalue weighted by Gasteiger charge is -2.36. The molecule has 0 amide bonds. The van der Waals surface area contributed by atoms with Crippen LogP contribution >= 0.6 is 0 Å². The third kappa shape index (κ3) is 1.15. The molecule has 2 nitrogen and oxygen atoms in total. The lowest BCUT2D eigenvalue weighted by molar-refractivity contribution is -0.114. The molecule has 2 saturated carbocycles. The lowest BCUT2D eigenvalue weighted by Crippen LogP contribution is -2.44. The van der Waals surface area contributed by atoms with Crippen molar-refractivity contribution in [3.05, 3.63) is 0 Å². The minimum Gasteiger partial charge on any atom is -0.390 e. The summed E-state index contributed by atoms with van der Waals surface area (Å²) in [6.45, 7) is 6.63. The number of fused-ring (bicyclic) bond motifs is 1. The molecular formula is C11H20O2. The smallest absolute Gasteiger partial charge is 0.0911 e. The quantitative estimate of drug-likeness (QED) is 0.673. The fourth-order valence-electron chi connectivity index (χ4n) is 3.01. The fourth-order valence-corrected chi connectivity index (χ4v) is 3.01. The van der Waals surface area contributed by atoms with E-state index in [0.717, 1.165) is 24.7 Å². The van der Waals surface area contributed by atoms with Crippen LogP contribution in [0, 0.1) is 17.3 Å². The molecule has 2 unspecified atom stereocenters. The molecule has 2 fully saturated rings. The first kappa shape index (κ1) is 9.47. The maximum Gasteiger partial charge on any atom is 0.0911 e. The number of methoxy groups -OCH3 is 1. The van der Waals surface area contributed by atoms with Crippen molar-refractivity contribution in [1.29, 1.82) is 0 Å². The molecule has 1 N–H and O–H groups in total. The molecule has 0 radical (unpaired) electrons. The highest BCUT2D eigenvalue weighted by atomic mass is 16.5. The number of hydrogen-bond acceptors (Lipinski definition) is 2. The normalized spacial score (nSPS) is 52.8. The van der Waals surface area contributed by atoms with E-state index in [4.69, 9.17) is 4.74 Å². The maximum absolute atomic E-state index is 9.93. The Balaban J connectivity index is 2.13. The van der Waals surface area contributed by atoms with Gasteiger partial charge >= 0.3 is 0 Å². The van der Waals surface area contributed by atoms with Crippen LogP contribution < -0.4 is 0 Å². The molecular weight excluding hydrogens is 164 g/mol. The Morgan fingerprint density at radius 3 is 2.38 bits per heavy atom. The molecule has 0 aromatic heterocycles. The second-order valence-electron chi connectivity index (χ2n) is 5.51. The minimum atomic E-state index is -0.297. The van der Waals surface area contributed by atoms with Gasteiger partial charge < -0.3 is 9.84 Å². The molecule has 2 aliphatic carbocycles. The van der Waals surface area contributed by atoms with Crippen LogP contribution in [0.1, 0.15) is 33.6 Å². The Hall–Kier alpha value is -0.0800. The maximum atomic E-state index is 9.93. The molecule has 13 heavy (non-hydrogen) atoms. The summed E-state index contributed by atoms with van der Waals surface area (Å²) in [4.78, 5) is 0. The van der Waals surface area contributed by atoms with Crippen LogP contribution in [0.4, 0.5) is 0 Å². The summed E-state index contributed by atoms with van der Waals surface area (Å²) in [5.41, 5.74) is 0.145. The van der Waals surface area contributed by atoms with Gasteiger partial charge in [-0.25, -0.2) is 0 Å². The zero-order chi connectivity index (χ0) is 9.85. The zero-order valence-electron chi connectivity index (χ0n) is 9.00. The molecule has 0 aliphatic heterocycles. The van der Waals surface area contributed by atoms with Crippen molar-refractivity contribution in [2.75, 3.05) is 7.11 Å². The second-order valence-corrected chi connectivity index (χ2v) is 5.51. The molecule has 4 atom stereocenters. The van der Waals surface area contributed by atoms with Gasteiger partial charge in [-0.1, -0.05) is 13.8 Å². The number of rotatable bonds is 1. The Labute approximate surface area is 80.3 Å². The number of hydrogen-bond donors (Lipinski definition) is 1. The number of ether oxygens (including phenoxy) is 1. The van der Waals surface area contributed by atoms with Gasteiger partial charge in [0.1, 0.15) is 0 Å². The Morgan fingerprint density at radius 1 is 1.23 bits per heavy atom. The predicted molar refractivity (Wildman–Crippen MR) is 51.4 cm³/mol. The first-order valence-corrected chi connectivity index (χ1v) is 5.15. The molecule has 0 spiro atoms. The molecule has 0 heterocycles. The molecule has 0 aromatic rings. The van der Waals surface area contributed by atoms with E-state index in [0.29, 0.717) is 5.41 Å². The highest BCUT2D eigenvalue weighted by Crippen LogP contribution is 2.66. The van der Waals surface area contributed by atoms with E-state index in [9.17, 15) is 5.11 Å². The van der Waals surface area contributed by atoms with Crippen molar-refractivity contribution >= 4 is 0 Å². The summed E-state index contributed by atoms with van der Waals surface area (Å²) < 4.78 is 5.43. The third-order valence-electron chi connectivity index (χ3n) is 4.56. The summed E-state index contributed by atoms with van der Waals surface area (Å²) in [7, 11) is 1.71. The molecule has 2 rings (SSSR count). The Bertz CT molecular complexity index is 224. The van der Waals surface area contributed by atoms with Gasteiger partial charge in [-0.2, -0.15) is 0 Å². The molecule has 2 heteroatoms. The number of aliphatic hydroxyl groups excluding tert-OH is 1. The van der Waals surface area contributed by atoms with Gasteiger partial charge in [0.15, 0.2) is 0 Å². The van der Waals surface area contributed by atoms with Crippen LogP contribution in [0.2, 0.25) is 0 Å². The van der Waals surface area contributed by atoms with Crippen molar-refractivity contribution < 1.29 is 9.84 Å². The van der Waals surface area contributed by atoms with Crippen molar-refractivity contribution in [3.63, 3.8) is 0 Å². The van der Waals surface area contributed by atoms with E-state index in [1.165, 1.54) is 0 Å². The highest BCUT2D eigenvalue weighted by molar-refractivity contribution is 5.13. The fraction of sp³-hybridized carbons (Fsp3) is 1.00. The van der Waals surface area contributed by atoms with Gasteiger partial charge in [0, 0.05) is 7.11 Å². The molecule has 0 saturated heterocycles. The summed E-state index contributed by atoms with van der Waals surface area (Å²) >= 11 is 0. The van der Waals surface area contributed by atoms with Gasteiger partial charge in [0.25, 0.3) is 0 Å². The van der Waals surface area contributed by atoms with Crippen LogP contribution in [0.5, 0.6) is 0 Å². The molecule has 0 bridgehead atoms. The summed E-state index contributed by atoms with van der Waals surface area (Å²) in [6.07, 6.45) is 1.66. The SMILES string of the molecule is COC1(C)C[C@H]2[C@@H](CC1O)C2(C)C. The van der Waals surface area contributed by atoms with Crippen molar-refractivity contribution in [1.82, 2.24) is 0 Å². The van der Waals surface area contributed by atoms with E-state index >= 15 is 0 Å². The summed E-state index contributed by atoms with van der Waals surface area (Å²) in [6, 6.07) is 0. The van der Waals surface area contributed by atoms with Gasteiger partial charge in [0.05, 0.1) is 11.7 Å². The predicted octanol–water partition coefficient (Wildman–Crippen LogP) is 1.82. The first-order valence-electron chi connectivity index (χ1n) is 5.15. The van der Waals surface area contributed by atoms with E-state index in [1.807, 2.05) is 6.92 Å². The highest BCUT2D eigenvalue weighted by Gasteiger charge is 2.64. The van der Waals surface area contributed by atoms with Crippen molar-refractivity contribution in [3.8, 4) is 0 Å². The van der Waals surface area contributed by atoms with Gasteiger partial charge in [-0.15, -0.1) is 0 Å². The topological polar surface area (TPSA) is 29.5 Å². The first-order chi connectivity index (χ1) is 5.92. The molecule has 2 aliphatic rings. The largest absolute Gasteiger partial charge is 0.390 e. The molecule has 76 valence electrons. The lowest BCUT2D eigenvalue weighted by atomic mass is 9.83. The van der Waals surface area contributed by atoms with Gasteiger partial charge in [0.2, 0.25) is 0 Å². The Kier molecular flexibility index (Phi) is 1.81. The van der Waals surface area contributed by atoms with Gasteiger partial charge in [-0.3, -0.25) is 0 Å². The van der Waals surface area contributed by atoms with E-state index in [2.05, 4.69) is 13.8 Å². The summed E-state index contributed by atoms with van der Waals surface area (Å²) in [5.74, 6) is 1.49. The van der Waals surface area contributed by atoms with Gasteiger partial charge in [-0.05, 0) is 37.0 Å². The average Bonchev–Trinajstić information content (AvgIpc) is 2.56. The summed E-state index contributed by atoms with van der Waals surface area (Å²) in [5, 5.41) is 9.93. The van der Waals surface area contributed by atoms with Crippen molar-refractivity contribution in [2.45, 2.75) is 45.3 Å². The molecule has 0 aromatic carbocycles. The van der Waals surface area contributed by atoms with Crippen LogP contribution in [0.3, 0.4) is 0 Å². The van der Waals surface area contributed by atoms with E-state index in [-0.39, 0.29) is 11.7 Å². The van der Waals surface area contributed by atoms with Crippen LogP contribution in [0.15, 0.2) is 0 Å². The van der Waals surface area contributed by atoms with Crippen LogP contribution in [-0.4, -0.2) is 23.9 Å². The zero-order valence-corrected chi connectivity index (χ0v) is 9.00. The van der Waals surface area contributed by atoms with Crippen molar-refractivity contribution in [2.24, 2.45) is 17.3 Å². The third-order valence-corrected chi connectivity index (χ3v) is 4.56. The standard InChI is InChI=1S/C11H20O2/c1-10(2)7-5-9(12)11(3,13-4)6-8(7)10/h7-9,12H,5-6H2,1-4H3/t7-,8+,9?,11?/m1/s1. The van der Waals surface area contributed by atoms with Crippen LogP contribution in [0.25, 0.3) is 0 Å². The average molecular weight is 184 g/mol. The Morgan fingerprint density at radius 2 is 1.85 bits per heavy atom. The van der Waals surface area contributed by atoms with E-state index < -0.39 is 0 Å².